The summed E-state index contributed by atoms with van der Waals surface area (Å²) in [4.78, 5) is 11.5. The van der Waals surface area contributed by atoms with Crippen LogP contribution in [-0.4, -0.2) is 9.97 Å². The second-order valence-electron chi connectivity index (χ2n) is 13.4. The maximum Gasteiger partial charge on any atom is 0.105 e. The largest absolute Gasteiger partial charge is 0.250 e. The van der Waals surface area contributed by atoms with Gasteiger partial charge < -0.3 is 0 Å². The number of hydrogen-bond acceptors (Lipinski definition) is 2. The minimum absolute atomic E-state index is 0.227. The van der Waals surface area contributed by atoms with Gasteiger partial charge in [-0.1, -0.05) is 172 Å². The fraction of sp³-hybridized carbons (Fsp3) is 0.0870. The summed E-state index contributed by atoms with van der Waals surface area (Å²) in [6.45, 7) is 4.70. The highest BCUT2D eigenvalue weighted by atomic mass is 14.8. The molecule has 0 N–H and O–H groups in total. The van der Waals surface area contributed by atoms with Crippen LogP contribution in [0.5, 0.6) is 0 Å². The molecule has 0 bridgehead atoms. The van der Waals surface area contributed by atoms with Gasteiger partial charge in [0.05, 0.1) is 22.8 Å². The standard InChI is InChI=1S/C46H34N2/c1-45(2)37-25-13-15-27-39(37)46(40-28-16-14-26-38(40)45,41-29-33-21-9-11-23-35(33)43(47-41)31-17-5-3-6-18-31)42-30-34-22-10-12-24-36(34)44(48-42)32-19-7-4-8-20-32/h3-30H,1-2H3. The Morgan fingerprint density at radius 1 is 0.375 bits per heavy atom. The monoisotopic (exact) mass is 614 g/mol. The fourth-order valence-electron chi connectivity index (χ4n) is 8.10. The minimum Gasteiger partial charge on any atom is -0.250 e. The predicted octanol–water partition coefficient (Wildman–Crippen LogP) is 11.1. The zero-order valence-electron chi connectivity index (χ0n) is 27.1. The van der Waals surface area contributed by atoms with Gasteiger partial charge in [0.25, 0.3) is 0 Å². The molecule has 2 heterocycles. The van der Waals surface area contributed by atoms with Crippen molar-refractivity contribution in [3.8, 4) is 22.5 Å². The first kappa shape index (κ1) is 28.4. The van der Waals surface area contributed by atoms with Gasteiger partial charge in [-0.3, -0.25) is 9.97 Å². The van der Waals surface area contributed by atoms with Crippen molar-refractivity contribution in [3.63, 3.8) is 0 Å². The summed E-state index contributed by atoms with van der Waals surface area (Å²) in [6.07, 6.45) is 0. The minimum atomic E-state index is -0.802. The molecule has 2 aromatic heterocycles. The van der Waals surface area contributed by atoms with Gasteiger partial charge in [-0.15, -0.1) is 0 Å². The molecule has 0 saturated carbocycles. The predicted molar refractivity (Wildman–Crippen MR) is 198 cm³/mol. The van der Waals surface area contributed by atoms with E-state index in [-0.39, 0.29) is 5.41 Å². The molecule has 0 aliphatic heterocycles. The topological polar surface area (TPSA) is 25.8 Å². The lowest BCUT2D eigenvalue weighted by molar-refractivity contribution is 0.546. The van der Waals surface area contributed by atoms with Crippen molar-refractivity contribution in [2.45, 2.75) is 24.7 Å². The lowest BCUT2D eigenvalue weighted by Crippen LogP contribution is -2.43. The average molecular weight is 615 g/mol. The smallest absolute Gasteiger partial charge is 0.105 e. The Balaban J connectivity index is 1.50. The normalized spacial score (nSPS) is 14.4. The third-order valence-electron chi connectivity index (χ3n) is 10.4. The van der Waals surface area contributed by atoms with Crippen molar-refractivity contribution in [1.29, 1.82) is 0 Å². The molecule has 0 radical (unpaired) electrons. The molecule has 0 atom stereocenters. The summed E-state index contributed by atoms with van der Waals surface area (Å²) < 4.78 is 0. The molecule has 8 aromatic rings. The SMILES string of the molecule is CC1(C)c2ccccc2C(c2cc3ccccc3c(-c3ccccc3)n2)(c2cc3ccccc3c(-c3ccccc3)n2)c2ccccc21. The Labute approximate surface area is 281 Å². The first-order valence-corrected chi connectivity index (χ1v) is 16.7. The zero-order valence-corrected chi connectivity index (χ0v) is 27.1. The summed E-state index contributed by atoms with van der Waals surface area (Å²) in [5.74, 6) is 0. The number of pyridine rings is 2. The van der Waals surface area contributed by atoms with E-state index >= 15 is 0 Å². The summed E-state index contributed by atoms with van der Waals surface area (Å²) >= 11 is 0. The quantitative estimate of drug-likeness (QED) is 0.197. The molecule has 6 aromatic carbocycles. The van der Waals surface area contributed by atoms with Crippen LogP contribution in [0.2, 0.25) is 0 Å². The van der Waals surface area contributed by atoms with Crippen LogP contribution >= 0.6 is 0 Å². The highest BCUT2D eigenvalue weighted by Crippen LogP contribution is 2.56. The Morgan fingerprint density at radius 3 is 1.17 bits per heavy atom. The van der Waals surface area contributed by atoms with Crippen molar-refractivity contribution < 1.29 is 0 Å². The van der Waals surface area contributed by atoms with Crippen LogP contribution in [0.4, 0.5) is 0 Å². The first-order valence-electron chi connectivity index (χ1n) is 16.7. The van der Waals surface area contributed by atoms with Gasteiger partial charge >= 0.3 is 0 Å². The number of rotatable bonds is 4. The molecule has 1 aliphatic carbocycles. The number of fused-ring (bicyclic) bond motifs is 4. The van der Waals surface area contributed by atoms with Gasteiger partial charge in [0.2, 0.25) is 0 Å². The second kappa shape index (κ2) is 10.9. The van der Waals surface area contributed by atoms with E-state index in [1.807, 2.05) is 0 Å². The lowest BCUT2D eigenvalue weighted by Gasteiger charge is -2.47. The fourth-order valence-corrected chi connectivity index (χ4v) is 8.10. The van der Waals surface area contributed by atoms with Crippen molar-refractivity contribution in [3.05, 3.63) is 203 Å². The molecule has 9 rings (SSSR count). The van der Waals surface area contributed by atoms with Gasteiger partial charge in [-0.2, -0.15) is 0 Å². The maximum atomic E-state index is 5.73. The van der Waals surface area contributed by atoms with Crippen LogP contribution in [0.1, 0.15) is 47.5 Å². The van der Waals surface area contributed by atoms with Crippen LogP contribution in [-0.2, 0) is 10.8 Å². The van der Waals surface area contributed by atoms with Crippen molar-refractivity contribution >= 4 is 21.5 Å². The Hall–Kier alpha value is -5.86. The van der Waals surface area contributed by atoms with Gasteiger partial charge in [-0.05, 0) is 45.2 Å². The molecule has 228 valence electrons. The second-order valence-corrected chi connectivity index (χ2v) is 13.4. The Kier molecular flexibility index (Phi) is 6.42. The van der Waals surface area contributed by atoms with Gasteiger partial charge in [0.1, 0.15) is 5.41 Å². The van der Waals surface area contributed by atoms with Crippen molar-refractivity contribution in [1.82, 2.24) is 9.97 Å². The van der Waals surface area contributed by atoms with Crippen LogP contribution in [0, 0.1) is 0 Å². The van der Waals surface area contributed by atoms with Gasteiger partial charge in [0, 0.05) is 27.3 Å². The van der Waals surface area contributed by atoms with Crippen LogP contribution in [0.3, 0.4) is 0 Å². The van der Waals surface area contributed by atoms with Crippen LogP contribution < -0.4 is 0 Å². The van der Waals surface area contributed by atoms with E-state index < -0.39 is 5.41 Å². The molecule has 2 heteroatoms. The zero-order chi connectivity index (χ0) is 32.3. The molecular formula is C46H34N2. The molecule has 0 amide bonds. The van der Waals surface area contributed by atoms with Gasteiger partial charge in [-0.25, -0.2) is 0 Å². The Morgan fingerprint density at radius 2 is 0.729 bits per heavy atom. The van der Waals surface area contributed by atoms with E-state index in [1.54, 1.807) is 0 Å². The summed E-state index contributed by atoms with van der Waals surface area (Å²) in [5.41, 5.74) is 10.1. The molecule has 0 saturated heterocycles. The third-order valence-corrected chi connectivity index (χ3v) is 10.4. The number of benzene rings is 6. The molecule has 0 spiro atoms. The highest BCUT2D eigenvalue weighted by molar-refractivity contribution is 5.97. The molecule has 2 nitrogen and oxygen atoms in total. The van der Waals surface area contributed by atoms with E-state index in [2.05, 4.69) is 184 Å². The summed E-state index contributed by atoms with van der Waals surface area (Å²) in [7, 11) is 0. The Bertz CT molecular complexity index is 2300. The number of hydrogen-bond donors (Lipinski definition) is 0. The number of nitrogens with zero attached hydrogens (tertiary/aromatic N) is 2. The molecule has 48 heavy (non-hydrogen) atoms. The van der Waals surface area contributed by atoms with Crippen LogP contribution in [0.15, 0.2) is 170 Å². The van der Waals surface area contributed by atoms with Crippen LogP contribution in [0.25, 0.3) is 44.1 Å². The van der Waals surface area contributed by atoms with E-state index in [1.165, 1.54) is 22.3 Å². The van der Waals surface area contributed by atoms with E-state index in [0.29, 0.717) is 0 Å². The van der Waals surface area contributed by atoms with E-state index in [4.69, 9.17) is 9.97 Å². The average Bonchev–Trinajstić information content (AvgIpc) is 3.15. The van der Waals surface area contributed by atoms with E-state index in [9.17, 15) is 0 Å². The van der Waals surface area contributed by atoms with Crippen molar-refractivity contribution in [2.24, 2.45) is 0 Å². The first-order chi connectivity index (χ1) is 23.6. The van der Waals surface area contributed by atoms with E-state index in [0.717, 1.165) is 55.4 Å². The molecular weight excluding hydrogens is 581 g/mol. The maximum absolute atomic E-state index is 5.73. The molecule has 0 fully saturated rings. The highest BCUT2D eigenvalue weighted by Gasteiger charge is 2.51. The summed E-state index contributed by atoms with van der Waals surface area (Å²) in [6, 6.07) is 61.0. The number of aromatic nitrogens is 2. The van der Waals surface area contributed by atoms with Gasteiger partial charge in [0.15, 0.2) is 0 Å². The lowest BCUT2D eigenvalue weighted by atomic mass is 9.56. The summed E-state index contributed by atoms with van der Waals surface area (Å²) in [5, 5.41) is 4.59. The van der Waals surface area contributed by atoms with Crippen molar-refractivity contribution in [2.75, 3.05) is 0 Å². The third kappa shape index (κ3) is 4.12. The molecule has 1 aliphatic rings. The molecule has 0 unspecified atom stereocenters.